The maximum absolute atomic E-state index is 11.1. The van der Waals surface area contributed by atoms with E-state index in [9.17, 15) is 9.59 Å². The van der Waals surface area contributed by atoms with Crippen LogP contribution in [-0.4, -0.2) is 17.0 Å². The van der Waals surface area contributed by atoms with Crippen LogP contribution in [0.5, 0.6) is 0 Å². The lowest BCUT2D eigenvalue weighted by Gasteiger charge is -2.04. The molecule has 74 valence electrons. The van der Waals surface area contributed by atoms with Crippen molar-refractivity contribution in [2.75, 3.05) is 5.32 Å². The summed E-state index contributed by atoms with van der Waals surface area (Å²) in [6.07, 6.45) is -0.509. The summed E-state index contributed by atoms with van der Waals surface area (Å²) in [7, 11) is 0. The first-order valence-corrected chi connectivity index (χ1v) is 4.93. The number of carboxylic acid groups (broad SMARTS) is 1. The van der Waals surface area contributed by atoms with E-state index in [1.165, 1.54) is 0 Å². The molecular formula is C9H8INO3. The second-order valence-electron chi connectivity index (χ2n) is 2.60. The summed E-state index contributed by atoms with van der Waals surface area (Å²) in [5, 5.41) is 10.9. The van der Waals surface area contributed by atoms with Gasteiger partial charge in [0, 0.05) is 3.57 Å². The number of nitrogens with one attached hydrogen (secondary N) is 1. The quantitative estimate of drug-likeness (QED) is 0.660. The molecule has 0 aliphatic carbocycles. The van der Waals surface area contributed by atoms with Crippen LogP contribution in [0.4, 0.5) is 5.69 Å². The minimum atomic E-state index is -1.13. The van der Waals surface area contributed by atoms with Gasteiger partial charge in [-0.2, -0.15) is 0 Å². The Kier molecular flexibility index (Phi) is 3.87. The Labute approximate surface area is 94.5 Å². The van der Waals surface area contributed by atoms with E-state index in [0.29, 0.717) is 5.69 Å². The number of halogens is 1. The van der Waals surface area contributed by atoms with E-state index < -0.39 is 18.3 Å². The zero-order valence-electron chi connectivity index (χ0n) is 7.16. The number of carbonyl (C=O) groups excluding carboxylic acids is 1. The Bertz CT molecular complexity index is 365. The van der Waals surface area contributed by atoms with Crippen molar-refractivity contribution in [2.24, 2.45) is 0 Å². The van der Waals surface area contributed by atoms with Gasteiger partial charge in [0.05, 0.1) is 5.69 Å². The van der Waals surface area contributed by atoms with Crippen LogP contribution in [-0.2, 0) is 9.59 Å². The van der Waals surface area contributed by atoms with Gasteiger partial charge in [-0.3, -0.25) is 9.59 Å². The molecular weight excluding hydrogens is 297 g/mol. The Morgan fingerprint density at radius 1 is 1.36 bits per heavy atom. The van der Waals surface area contributed by atoms with Crippen molar-refractivity contribution in [1.29, 1.82) is 0 Å². The zero-order valence-corrected chi connectivity index (χ0v) is 9.32. The lowest BCUT2D eigenvalue weighted by Crippen LogP contribution is -2.16. The Balaban J connectivity index is 2.65. The third kappa shape index (κ3) is 3.33. The highest BCUT2D eigenvalue weighted by Gasteiger charge is 2.08. The number of carbonyl (C=O) groups is 2. The van der Waals surface area contributed by atoms with Crippen molar-refractivity contribution in [3.63, 3.8) is 0 Å². The third-order valence-electron chi connectivity index (χ3n) is 1.46. The summed E-state index contributed by atoms with van der Waals surface area (Å²) in [6.45, 7) is 0. The summed E-state index contributed by atoms with van der Waals surface area (Å²) >= 11 is 2.07. The van der Waals surface area contributed by atoms with Crippen LogP contribution in [0, 0.1) is 3.57 Å². The first kappa shape index (κ1) is 11.0. The summed E-state index contributed by atoms with van der Waals surface area (Å²) < 4.78 is 0.879. The van der Waals surface area contributed by atoms with Gasteiger partial charge in [-0.1, -0.05) is 12.1 Å². The Morgan fingerprint density at radius 2 is 2.00 bits per heavy atom. The largest absolute Gasteiger partial charge is 0.481 e. The monoisotopic (exact) mass is 305 g/mol. The van der Waals surface area contributed by atoms with Crippen LogP contribution in [0.2, 0.25) is 0 Å². The van der Waals surface area contributed by atoms with Gasteiger partial charge >= 0.3 is 5.97 Å². The van der Waals surface area contributed by atoms with Gasteiger partial charge in [0.15, 0.2) is 0 Å². The van der Waals surface area contributed by atoms with Crippen molar-refractivity contribution >= 4 is 40.2 Å². The van der Waals surface area contributed by atoms with Gasteiger partial charge in [0.1, 0.15) is 6.42 Å². The van der Waals surface area contributed by atoms with E-state index in [2.05, 4.69) is 27.9 Å². The van der Waals surface area contributed by atoms with E-state index in [4.69, 9.17) is 5.11 Å². The van der Waals surface area contributed by atoms with Gasteiger partial charge in [0.2, 0.25) is 5.91 Å². The zero-order chi connectivity index (χ0) is 10.6. The van der Waals surface area contributed by atoms with Crippen LogP contribution < -0.4 is 5.32 Å². The summed E-state index contributed by atoms with van der Waals surface area (Å²) in [6, 6.07) is 7.17. The van der Waals surface area contributed by atoms with E-state index in [1.54, 1.807) is 12.1 Å². The van der Waals surface area contributed by atoms with E-state index in [-0.39, 0.29) is 0 Å². The molecule has 14 heavy (non-hydrogen) atoms. The molecule has 0 heterocycles. The van der Waals surface area contributed by atoms with Crippen LogP contribution in [0.25, 0.3) is 0 Å². The molecule has 0 fully saturated rings. The van der Waals surface area contributed by atoms with Crippen molar-refractivity contribution in [1.82, 2.24) is 0 Å². The predicted molar refractivity (Wildman–Crippen MR) is 60.0 cm³/mol. The molecule has 0 bridgehead atoms. The van der Waals surface area contributed by atoms with Crippen molar-refractivity contribution in [3.05, 3.63) is 27.8 Å². The molecule has 0 radical (unpaired) electrons. The fraction of sp³-hybridized carbons (Fsp3) is 0.111. The summed E-state index contributed by atoms with van der Waals surface area (Å²) in [5.41, 5.74) is 0.638. The molecule has 0 aliphatic rings. The topological polar surface area (TPSA) is 66.4 Å². The molecule has 0 unspecified atom stereocenters. The van der Waals surface area contributed by atoms with Gasteiger partial charge in [0.25, 0.3) is 0 Å². The molecule has 0 aliphatic heterocycles. The molecule has 0 atom stereocenters. The molecule has 0 aromatic heterocycles. The average molecular weight is 305 g/mol. The molecule has 0 saturated carbocycles. The van der Waals surface area contributed by atoms with Gasteiger partial charge in [-0.25, -0.2) is 0 Å². The molecule has 4 nitrogen and oxygen atoms in total. The van der Waals surface area contributed by atoms with Crippen LogP contribution >= 0.6 is 22.6 Å². The maximum atomic E-state index is 11.1. The number of anilines is 1. The van der Waals surface area contributed by atoms with E-state index in [1.807, 2.05) is 12.1 Å². The minimum Gasteiger partial charge on any atom is -0.481 e. The third-order valence-corrected chi connectivity index (χ3v) is 2.40. The van der Waals surface area contributed by atoms with E-state index >= 15 is 0 Å². The Hall–Kier alpha value is -1.11. The number of rotatable bonds is 3. The number of para-hydroxylation sites is 1. The molecule has 1 aromatic carbocycles. The lowest BCUT2D eigenvalue weighted by atomic mass is 10.3. The number of hydrogen-bond donors (Lipinski definition) is 2. The minimum absolute atomic E-state index is 0.509. The SMILES string of the molecule is O=C(O)CC(=O)Nc1ccccc1I. The number of amides is 1. The molecule has 2 N–H and O–H groups in total. The van der Waals surface area contributed by atoms with Gasteiger partial charge < -0.3 is 10.4 Å². The fourth-order valence-electron chi connectivity index (χ4n) is 0.894. The lowest BCUT2D eigenvalue weighted by molar-refractivity contribution is -0.139. The summed E-state index contributed by atoms with van der Waals surface area (Å²) in [4.78, 5) is 21.3. The molecule has 0 saturated heterocycles. The normalized spacial score (nSPS) is 9.50. The maximum Gasteiger partial charge on any atom is 0.312 e. The second kappa shape index (κ2) is 4.94. The van der Waals surface area contributed by atoms with Crippen LogP contribution in [0.3, 0.4) is 0 Å². The molecule has 5 heteroatoms. The average Bonchev–Trinajstić information content (AvgIpc) is 2.07. The molecule has 0 spiro atoms. The second-order valence-corrected chi connectivity index (χ2v) is 3.76. The first-order valence-electron chi connectivity index (χ1n) is 3.86. The van der Waals surface area contributed by atoms with Crippen LogP contribution in [0.1, 0.15) is 6.42 Å². The highest BCUT2D eigenvalue weighted by atomic mass is 127. The predicted octanol–water partition coefficient (Wildman–Crippen LogP) is 1.70. The summed E-state index contributed by atoms with van der Waals surface area (Å²) in [5.74, 6) is -1.64. The number of benzene rings is 1. The van der Waals surface area contributed by atoms with E-state index in [0.717, 1.165) is 3.57 Å². The first-order chi connectivity index (χ1) is 6.59. The van der Waals surface area contributed by atoms with Gasteiger partial charge in [-0.15, -0.1) is 0 Å². The van der Waals surface area contributed by atoms with Gasteiger partial charge in [-0.05, 0) is 34.7 Å². The molecule has 1 aromatic rings. The molecule has 1 amide bonds. The number of carboxylic acids is 1. The number of hydrogen-bond acceptors (Lipinski definition) is 2. The number of aliphatic carboxylic acids is 1. The Morgan fingerprint density at radius 3 is 2.57 bits per heavy atom. The highest BCUT2D eigenvalue weighted by molar-refractivity contribution is 14.1. The van der Waals surface area contributed by atoms with Crippen LogP contribution in [0.15, 0.2) is 24.3 Å². The smallest absolute Gasteiger partial charge is 0.312 e. The standard InChI is InChI=1S/C9H8INO3/c10-6-3-1-2-4-7(6)11-8(12)5-9(13)14/h1-4H,5H2,(H,11,12)(H,13,14). The highest BCUT2D eigenvalue weighted by Crippen LogP contribution is 2.16. The fourth-order valence-corrected chi connectivity index (χ4v) is 1.42. The van der Waals surface area contributed by atoms with Crippen molar-refractivity contribution < 1.29 is 14.7 Å². The van der Waals surface area contributed by atoms with Crippen molar-refractivity contribution in [2.45, 2.75) is 6.42 Å². The molecule has 1 rings (SSSR count). The van der Waals surface area contributed by atoms with Crippen molar-refractivity contribution in [3.8, 4) is 0 Å².